The van der Waals surface area contributed by atoms with Crippen molar-refractivity contribution in [1.82, 2.24) is 4.98 Å². The minimum Gasteiger partial charge on any atom is -0.496 e. The third kappa shape index (κ3) is 4.33. The number of aliphatic imine (C=N–C) groups is 1. The molecule has 0 amide bonds. The summed E-state index contributed by atoms with van der Waals surface area (Å²) in [7, 11) is 1.69. The molecule has 0 aliphatic heterocycles. The van der Waals surface area contributed by atoms with Crippen molar-refractivity contribution >= 4 is 22.7 Å². The molecule has 28 heavy (non-hydrogen) atoms. The Labute approximate surface area is 171 Å². The number of benzene rings is 2. The van der Waals surface area contributed by atoms with E-state index in [-0.39, 0.29) is 0 Å². The molecule has 1 fully saturated rings. The highest BCUT2D eigenvalue weighted by Gasteiger charge is 2.15. The van der Waals surface area contributed by atoms with Gasteiger partial charge < -0.3 is 4.74 Å². The van der Waals surface area contributed by atoms with Crippen molar-refractivity contribution in [1.29, 1.82) is 0 Å². The normalized spacial score (nSPS) is 15.2. The number of aromatic nitrogens is 1. The third-order valence-corrected chi connectivity index (χ3v) is 6.28. The second kappa shape index (κ2) is 8.70. The maximum Gasteiger partial charge on any atom is 0.209 e. The van der Waals surface area contributed by atoms with Crippen LogP contribution in [0.5, 0.6) is 5.75 Å². The summed E-state index contributed by atoms with van der Waals surface area (Å²) in [5.41, 5.74) is 5.76. The van der Waals surface area contributed by atoms with Crippen molar-refractivity contribution in [2.45, 2.75) is 44.9 Å². The van der Waals surface area contributed by atoms with E-state index in [1.165, 1.54) is 37.7 Å². The summed E-state index contributed by atoms with van der Waals surface area (Å²) in [5, 5.41) is 2.85. The molecule has 4 heteroatoms. The van der Waals surface area contributed by atoms with Gasteiger partial charge in [0.05, 0.1) is 12.8 Å². The molecule has 1 aliphatic carbocycles. The fraction of sp³-hybridized carbons (Fsp3) is 0.333. The Balaban J connectivity index is 1.46. The third-order valence-electron chi connectivity index (χ3n) is 5.53. The Bertz CT molecular complexity index is 953. The molecule has 0 unspecified atom stereocenters. The Morgan fingerprint density at radius 3 is 2.61 bits per heavy atom. The Hall–Kier alpha value is -2.46. The number of rotatable bonds is 5. The predicted molar refractivity (Wildman–Crippen MR) is 118 cm³/mol. The Kier molecular flexibility index (Phi) is 5.87. The van der Waals surface area contributed by atoms with Crippen LogP contribution in [-0.4, -0.2) is 18.3 Å². The van der Waals surface area contributed by atoms with Crippen LogP contribution in [-0.2, 0) is 0 Å². The summed E-state index contributed by atoms with van der Waals surface area (Å²) in [6.07, 6.45) is 8.64. The van der Waals surface area contributed by atoms with E-state index in [0.717, 1.165) is 39.2 Å². The molecular formula is C24H26N2OS. The zero-order chi connectivity index (χ0) is 19.3. The number of aryl methyl sites for hydroxylation is 1. The van der Waals surface area contributed by atoms with Gasteiger partial charge in [0.25, 0.3) is 0 Å². The number of hydrogen-bond donors (Lipinski definition) is 0. The Morgan fingerprint density at radius 2 is 1.86 bits per heavy atom. The van der Waals surface area contributed by atoms with Crippen LogP contribution in [0.1, 0.15) is 54.7 Å². The van der Waals surface area contributed by atoms with E-state index < -0.39 is 0 Å². The molecular weight excluding hydrogens is 364 g/mol. The van der Waals surface area contributed by atoms with Gasteiger partial charge in [-0.25, -0.2) is 9.98 Å². The average Bonchev–Trinajstić information content (AvgIpc) is 3.23. The van der Waals surface area contributed by atoms with Crippen molar-refractivity contribution < 1.29 is 4.74 Å². The molecule has 0 radical (unpaired) electrons. The molecule has 3 nitrogen and oxygen atoms in total. The van der Waals surface area contributed by atoms with Crippen LogP contribution in [0.2, 0.25) is 0 Å². The van der Waals surface area contributed by atoms with Crippen LogP contribution in [0.4, 0.5) is 5.13 Å². The van der Waals surface area contributed by atoms with Crippen molar-refractivity contribution in [3.05, 3.63) is 64.5 Å². The SMILES string of the molecule is COc1cc(C=Nc2nc(-c3ccc(C4CCCCC4)cc3)cs2)ccc1C. The minimum atomic E-state index is 0.741. The number of hydrogen-bond acceptors (Lipinski definition) is 4. The highest BCUT2D eigenvalue weighted by Crippen LogP contribution is 2.34. The van der Waals surface area contributed by atoms with E-state index in [1.807, 2.05) is 31.3 Å². The lowest BCUT2D eigenvalue weighted by atomic mass is 9.84. The Morgan fingerprint density at radius 1 is 1.07 bits per heavy atom. The fourth-order valence-corrected chi connectivity index (χ4v) is 4.54. The van der Waals surface area contributed by atoms with E-state index in [9.17, 15) is 0 Å². The standard InChI is InChI=1S/C24H26N2OS/c1-17-8-9-18(14-23(17)27-2)15-25-24-26-22(16-28-24)21-12-10-20(11-13-21)19-6-4-3-5-7-19/h8-16,19H,3-7H2,1-2H3. The van der Waals surface area contributed by atoms with Crippen LogP contribution in [0.3, 0.4) is 0 Å². The van der Waals surface area contributed by atoms with Crippen LogP contribution in [0, 0.1) is 6.92 Å². The van der Waals surface area contributed by atoms with Gasteiger partial charge in [-0.1, -0.05) is 55.7 Å². The summed E-state index contributed by atoms with van der Waals surface area (Å²) in [4.78, 5) is 9.23. The van der Waals surface area contributed by atoms with E-state index in [1.54, 1.807) is 18.4 Å². The minimum absolute atomic E-state index is 0.741. The molecule has 1 aromatic heterocycles. The molecule has 0 saturated heterocycles. The van der Waals surface area contributed by atoms with Gasteiger partial charge in [-0.2, -0.15) is 0 Å². The molecule has 0 N–H and O–H groups in total. The molecule has 1 aliphatic rings. The van der Waals surface area contributed by atoms with E-state index in [0.29, 0.717) is 0 Å². The van der Waals surface area contributed by atoms with Crippen molar-refractivity contribution in [2.75, 3.05) is 7.11 Å². The molecule has 3 aromatic rings. The van der Waals surface area contributed by atoms with E-state index in [2.05, 4.69) is 39.6 Å². The van der Waals surface area contributed by atoms with Gasteiger partial charge in [-0.05, 0) is 48.4 Å². The number of methoxy groups -OCH3 is 1. The van der Waals surface area contributed by atoms with Crippen LogP contribution in [0.25, 0.3) is 11.3 Å². The smallest absolute Gasteiger partial charge is 0.209 e. The van der Waals surface area contributed by atoms with Crippen molar-refractivity contribution in [3.8, 4) is 17.0 Å². The summed E-state index contributed by atoms with van der Waals surface area (Å²) < 4.78 is 5.38. The fourth-order valence-electron chi connectivity index (χ4n) is 3.86. The first-order valence-corrected chi connectivity index (χ1v) is 10.9. The van der Waals surface area contributed by atoms with Crippen molar-refractivity contribution in [3.63, 3.8) is 0 Å². The highest BCUT2D eigenvalue weighted by molar-refractivity contribution is 7.13. The molecule has 144 valence electrons. The van der Waals surface area contributed by atoms with Gasteiger partial charge in [-0.3, -0.25) is 0 Å². The molecule has 4 rings (SSSR count). The first-order chi connectivity index (χ1) is 13.7. The summed E-state index contributed by atoms with van der Waals surface area (Å²) >= 11 is 1.57. The van der Waals surface area contributed by atoms with Gasteiger partial charge in [0, 0.05) is 17.2 Å². The zero-order valence-corrected chi connectivity index (χ0v) is 17.3. The monoisotopic (exact) mass is 390 g/mol. The molecule has 0 spiro atoms. The van der Waals surface area contributed by atoms with Gasteiger partial charge in [0.2, 0.25) is 5.13 Å². The zero-order valence-electron chi connectivity index (χ0n) is 16.5. The number of nitrogens with zero attached hydrogens (tertiary/aromatic N) is 2. The molecule has 1 heterocycles. The van der Waals surface area contributed by atoms with E-state index in [4.69, 9.17) is 4.74 Å². The van der Waals surface area contributed by atoms with Crippen LogP contribution >= 0.6 is 11.3 Å². The number of thiazole rings is 1. The van der Waals surface area contributed by atoms with Gasteiger partial charge in [0.15, 0.2) is 0 Å². The second-order valence-corrected chi connectivity index (χ2v) is 8.30. The maximum absolute atomic E-state index is 5.38. The van der Waals surface area contributed by atoms with Crippen LogP contribution < -0.4 is 4.74 Å². The highest BCUT2D eigenvalue weighted by atomic mass is 32.1. The van der Waals surface area contributed by atoms with Gasteiger partial charge in [-0.15, -0.1) is 11.3 Å². The van der Waals surface area contributed by atoms with E-state index >= 15 is 0 Å². The quantitative estimate of drug-likeness (QED) is 0.443. The lowest BCUT2D eigenvalue weighted by Gasteiger charge is -2.22. The first-order valence-electron chi connectivity index (χ1n) is 9.97. The maximum atomic E-state index is 5.38. The lowest BCUT2D eigenvalue weighted by Crippen LogP contribution is -2.04. The topological polar surface area (TPSA) is 34.5 Å². The lowest BCUT2D eigenvalue weighted by molar-refractivity contribution is 0.411. The van der Waals surface area contributed by atoms with Crippen LogP contribution in [0.15, 0.2) is 52.8 Å². The number of ether oxygens (including phenoxy) is 1. The largest absolute Gasteiger partial charge is 0.496 e. The molecule has 0 bridgehead atoms. The summed E-state index contributed by atoms with van der Waals surface area (Å²) in [6, 6.07) is 15.1. The van der Waals surface area contributed by atoms with Crippen molar-refractivity contribution in [2.24, 2.45) is 4.99 Å². The van der Waals surface area contributed by atoms with Gasteiger partial charge in [0.1, 0.15) is 5.75 Å². The molecule has 1 saturated carbocycles. The summed E-state index contributed by atoms with van der Waals surface area (Å²) in [6.45, 7) is 2.03. The summed E-state index contributed by atoms with van der Waals surface area (Å²) in [5.74, 6) is 1.62. The predicted octanol–water partition coefficient (Wildman–Crippen LogP) is 6.93. The molecule has 0 atom stereocenters. The first kappa shape index (κ1) is 18.9. The average molecular weight is 391 g/mol. The second-order valence-electron chi connectivity index (χ2n) is 7.46. The molecule has 2 aromatic carbocycles. The van der Waals surface area contributed by atoms with Gasteiger partial charge >= 0.3 is 0 Å².